The summed E-state index contributed by atoms with van der Waals surface area (Å²) in [6, 6.07) is 0. The van der Waals surface area contributed by atoms with Gasteiger partial charge in [-0.05, 0) is 38.4 Å². The second-order valence-corrected chi connectivity index (χ2v) is 11.1. The summed E-state index contributed by atoms with van der Waals surface area (Å²) in [5.74, 6) is 0. The summed E-state index contributed by atoms with van der Waals surface area (Å²) in [5.41, 5.74) is 0.0533. The zero-order valence-electron chi connectivity index (χ0n) is 11.3. The summed E-state index contributed by atoms with van der Waals surface area (Å²) < 4.78 is 6.37. The lowest BCUT2D eigenvalue weighted by atomic mass is 10.0. The third kappa shape index (κ3) is 4.14. The highest BCUT2D eigenvalue weighted by Gasteiger charge is 2.40. The van der Waals surface area contributed by atoms with Crippen LogP contribution in [0.15, 0.2) is 0 Å². The van der Waals surface area contributed by atoms with Gasteiger partial charge < -0.3 is 4.43 Å². The lowest BCUT2D eigenvalue weighted by Crippen LogP contribution is -2.47. The molecule has 0 radical (unpaired) electrons. The highest BCUT2D eigenvalue weighted by atomic mass is 28.4. The van der Waals surface area contributed by atoms with Crippen LogP contribution in [0.5, 0.6) is 0 Å². The molecule has 0 aromatic carbocycles. The van der Waals surface area contributed by atoms with E-state index in [2.05, 4.69) is 54.6 Å². The van der Waals surface area contributed by atoms with Crippen molar-refractivity contribution in [2.75, 3.05) is 0 Å². The van der Waals surface area contributed by atoms with E-state index in [-0.39, 0.29) is 5.60 Å². The molecule has 0 heterocycles. The van der Waals surface area contributed by atoms with Crippen molar-refractivity contribution in [1.29, 1.82) is 0 Å². The minimum Gasteiger partial charge on any atom is -0.412 e. The molecule has 0 aliphatic carbocycles. The lowest BCUT2D eigenvalue weighted by Gasteiger charge is -2.42. The van der Waals surface area contributed by atoms with Crippen molar-refractivity contribution < 1.29 is 4.43 Å². The molecular formula is C12H28OSi. The standard InChI is InChI=1S/C12H28OSi/c1-9-10-12(5,6)13-14(7,8)11(2,3)4/h9-10H2,1-8H3. The normalized spacial score (nSPS) is 14.6. The first kappa shape index (κ1) is 14.2. The van der Waals surface area contributed by atoms with E-state index in [1.807, 2.05) is 0 Å². The first-order valence-corrected chi connectivity index (χ1v) is 8.63. The van der Waals surface area contributed by atoms with E-state index in [1.165, 1.54) is 6.42 Å². The maximum Gasteiger partial charge on any atom is 0.192 e. The van der Waals surface area contributed by atoms with Crippen LogP contribution in [0, 0.1) is 0 Å². The van der Waals surface area contributed by atoms with Crippen molar-refractivity contribution >= 4 is 8.32 Å². The molecule has 1 nitrogen and oxygen atoms in total. The Morgan fingerprint density at radius 2 is 1.43 bits per heavy atom. The molecule has 0 saturated carbocycles. The van der Waals surface area contributed by atoms with Gasteiger partial charge in [0.1, 0.15) is 0 Å². The number of hydrogen-bond acceptors (Lipinski definition) is 1. The molecule has 0 rings (SSSR count). The van der Waals surface area contributed by atoms with E-state index in [4.69, 9.17) is 4.43 Å². The molecule has 0 saturated heterocycles. The Balaban J connectivity index is 4.50. The van der Waals surface area contributed by atoms with Gasteiger partial charge in [-0.2, -0.15) is 0 Å². The van der Waals surface area contributed by atoms with Gasteiger partial charge in [0.15, 0.2) is 8.32 Å². The zero-order chi connectivity index (χ0) is 11.6. The van der Waals surface area contributed by atoms with Crippen LogP contribution in [0.2, 0.25) is 18.1 Å². The Morgan fingerprint density at radius 1 is 1.00 bits per heavy atom. The second kappa shape index (κ2) is 4.36. The molecule has 0 bridgehead atoms. The Labute approximate surface area is 91.4 Å². The van der Waals surface area contributed by atoms with Crippen molar-refractivity contribution in [1.82, 2.24) is 0 Å². The average Bonchev–Trinajstić information content (AvgIpc) is 1.80. The fraction of sp³-hybridized carbons (Fsp3) is 1.00. The average molecular weight is 216 g/mol. The first-order valence-electron chi connectivity index (χ1n) is 5.72. The van der Waals surface area contributed by atoms with Gasteiger partial charge in [0, 0.05) is 0 Å². The number of hydrogen-bond donors (Lipinski definition) is 0. The van der Waals surface area contributed by atoms with Crippen molar-refractivity contribution in [3.63, 3.8) is 0 Å². The van der Waals surface area contributed by atoms with Gasteiger partial charge in [0.25, 0.3) is 0 Å². The van der Waals surface area contributed by atoms with E-state index in [0.717, 1.165) is 6.42 Å². The summed E-state index contributed by atoms with van der Waals surface area (Å²) in [4.78, 5) is 0. The Bertz CT molecular complexity index is 177. The summed E-state index contributed by atoms with van der Waals surface area (Å²) in [6.07, 6.45) is 2.35. The van der Waals surface area contributed by atoms with Crippen molar-refractivity contribution in [3.8, 4) is 0 Å². The Kier molecular flexibility index (Phi) is 4.41. The summed E-state index contributed by atoms with van der Waals surface area (Å²) in [5, 5.41) is 0.317. The molecular weight excluding hydrogens is 188 g/mol. The lowest BCUT2D eigenvalue weighted by molar-refractivity contribution is 0.0816. The zero-order valence-corrected chi connectivity index (χ0v) is 12.3. The monoisotopic (exact) mass is 216 g/mol. The SMILES string of the molecule is CCCC(C)(C)O[Si](C)(C)C(C)(C)C. The van der Waals surface area contributed by atoms with E-state index in [9.17, 15) is 0 Å². The van der Waals surface area contributed by atoms with Gasteiger partial charge in [-0.1, -0.05) is 34.1 Å². The second-order valence-electron chi connectivity index (χ2n) is 6.37. The van der Waals surface area contributed by atoms with Crippen LogP contribution in [0.3, 0.4) is 0 Å². The van der Waals surface area contributed by atoms with Crippen LogP contribution in [0.25, 0.3) is 0 Å². The molecule has 0 aromatic rings. The van der Waals surface area contributed by atoms with Crippen molar-refractivity contribution in [2.45, 2.75) is 78.1 Å². The maximum absolute atomic E-state index is 6.37. The van der Waals surface area contributed by atoms with Crippen molar-refractivity contribution in [2.24, 2.45) is 0 Å². The molecule has 2 heteroatoms. The predicted octanol–water partition coefficient (Wildman–Crippen LogP) is 4.59. The van der Waals surface area contributed by atoms with Gasteiger partial charge in [0.05, 0.1) is 5.60 Å². The summed E-state index contributed by atoms with van der Waals surface area (Å²) in [7, 11) is -1.58. The maximum atomic E-state index is 6.37. The minimum absolute atomic E-state index is 0.0533. The molecule has 0 aliphatic heterocycles. The smallest absolute Gasteiger partial charge is 0.192 e. The Morgan fingerprint density at radius 3 is 1.71 bits per heavy atom. The van der Waals surface area contributed by atoms with E-state index in [0.29, 0.717) is 5.04 Å². The molecule has 0 spiro atoms. The fourth-order valence-electron chi connectivity index (χ4n) is 1.50. The van der Waals surface area contributed by atoms with Crippen LogP contribution < -0.4 is 0 Å². The number of rotatable bonds is 4. The molecule has 86 valence electrons. The van der Waals surface area contributed by atoms with Crippen molar-refractivity contribution in [3.05, 3.63) is 0 Å². The van der Waals surface area contributed by atoms with Crippen LogP contribution in [-0.4, -0.2) is 13.9 Å². The molecule has 0 fully saturated rings. The summed E-state index contributed by atoms with van der Waals surface area (Å²) in [6.45, 7) is 18.2. The van der Waals surface area contributed by atoms with Crippen LogP contribution in [0.1, 0.15) is 54.4 Å². The van der Waals surface area contributed by atoms with E-state index >= 15 is 0 Å². The van der Waals surface area contributed by atoms with Crippen LogP contribution >= 0.6 is 0 Å². The topological polar surface area (TPSA) is 9.23 Å². The van der Waals surface area contributed by atoms with Gasteiger partial charge in [-0.15, -0.1) is 0 Å². The van der Waals surface area contributed by atoms with Gasteiger partial charge in [0.2, 0.25) is 0 Å². The molecule has 0 N–H and O–H groups in total. The minimum atomic E-state index is -1.58. The molecule has 0 unspecified atom stereocenters. The fourth-order valence-corrected chi connectivity index (χ4v) is 3.29. The van der Waals surface area contributed by atoms with E-state index in [1.54, 1.807) is 0 Å². The highest BCUT2D eigenvalue weighted by Crippen LogP contribution is 2.39. The molecule has 0 aromatic heterocycles. The van der Waals surface area contributed by atoms with Gasteiger partial charge in [-0.3, -0.25) is 0 Å². The molecule has 0 amide bonds. The van der Waals surface area contributed by atoms with Crippen LogP contribution in [0.4, 0.5) is 0 Å². The molecule has 0 aliphatic rings. The predicted molar refractivity (Wildman–Crippen MR) is 67.3 cm³/mol. The molecule has 14 heavy (non-hydrogen) atoms. The third-order valence-corrected chi connectivity index (χ3v) is 7.86. The van der Waals surface area contributed by atoms with Crippen LogP contribution in [-0.2, 0) is 4.43 Å². The third-order valence-electron chi connectivity index (χ3n) is 3.19. The Hall–Kier alpha value is 0.177. The largest absolute Gasteiger partial charge is 0.412 e. The summed E-state index contributed by atoms with van der Waals surface area (Å²) >= 11 is 0. The highest BCUT2D eigenvalue weighted by molar-refractivity contribution is 6.74. The van der Waals surface area contributed by atoms with Gasteiger partial charge >= 0.3 is 0 Å². The quantitative estimate of drug-likeness (QED) is 0.625. The van der Waals surface area contributed by atoms with E-state index < -0.39 is 8.32 Å². The molecule has 0 atom stereocenters. The first-order chi connectivity index (χ1) is 6.02. The van der Waals surface area contributed by atoms with Gasteiger partial charge in [-0.25, -0.2) is 0 Å².